The third-order valence-electron chi connectivity index (χ3n) is 5.35. The third-order valence-corrected chi connectivity index (χ3v) is 5.35. The Hall–Kier alpha value is -0.0800. The molecule has 3 rings (SSSR count). The first kappa shape index (κ1) is 12.4. The molecule has 16 heavy (non-hydrogen) atoms. The molecule has 0 aromatic heterocycles. The number of aliphatic hydroxyl groups excluding tert-OH is 1. The van der Waals surface area contributed by atoms with Crippen LogP contribution in [0.3, 0.4) is 0 Å². The summed E-state index contributed by atoms with van der Waals surface area (Å²) < 4.78 is 0. The molecule has 0 unspecified atom stereocenters. The van der Waals surface area contributed by atoms with Crippen LogP contribution in [-0.4, -0.2) is 36.2 Å². The van der Waals surface area contributed by atoms with Crippen LogP contribution in [0.1, 0.15) is 52.4 Å². The molecule has 0 heterocycles. The minimum Gasteiger partial charge on any atom is -0.396 e. The smallest absolute Gasteiger partial charge is 0.0487 e. The highest BCUT2D eigenvalue weighted by Crippen LogP contribution is 2.56. The maximum Gasteiger partial charge on any atom is 0.0487 e. The Kier molecular flexibility index (Phi) is 3.60. The summed E-state index contributed by atoms with van der Waals surface area (Å²) >= 11 is 0. The van der Waals surface area contributed by atoms with Crippen LogP contribution in [0, 0.1) is 10.8 Å². The van der Waals surface area contributed by atoms with Crippen LogP contribution in [0.25, 0.3) is 0 Å². The highest BCUT2D eigenvalue weighted by atomic mass is 16.3. The summed E-state index contributed by atoms with van der Waals surface area (Å²) in [6, 6.07) is 0. The van der Waals surface area contributed by atoms with Crippen molar-refractivity contribution in [2.75, 3.05) is 26.2 Å². The Morgan fingerprint density at radius 1 is 0.875 bits per heavy atom. The summed E-state index contributed by atoms with van der Waals surface area (Å²) in [6.45, 7) is 8.62. The monoisotopic (exact) mass is 225 g/mol. The molecule has 3 aliphatic rings. The molecule has 0 spiro atoms. The largest absolute Gasteiger partial charge is 0.396 e. The van der Waals surface area contributed by atoms with E-state index in [4.69, 9.17) is 0 Å². The molecule has 1 N–H and O–H groups in total. The molecular formula is C14H27NO. The predicted molar refractivity (Wildman–Crippen MR) is 67.4 cm³/mol. The predicted octanol–water partition coefficient (Wildman–Crippen LogP) is 2.66. The summed E-state index contributed by atoms with van der Waals surface area (Å²) in [7, 11) is 0. The lowest BCUT2D eigenvalue weighted by Gasteiger charge is -2.54. The minimum atomic E-state index is 0.324. The molecule has 0 radical (unpaired) electrons. The molecular weight excluding hydrogens is 198 g/mol. The van der Waals surface area contributed by atoms with Gasteiger partial charge >= 0.3 is 0 Å². The van der Waals surface area contributed by atoms with E-state index < -0.39 is 0 Å². The normalized spacial score (nSPS) is 38.2. The first-order valence-corrected chi connectivity index (χ1v) is 7.01. The lowest BCUT2D eigenvalue weighted by atomic mass is 9.54. The maximum atomic E-state index is 9.51. The second-order valence-electron chi connectivity index (χ2n) is 6.12. The lowest BCUT2D eigenvalue weighted by molar-refractivity contribution is -0.0553. The number of rotatable bonds is 5. The first-order chi connectivity index (χ1) is 7.67. The fourth-order valence-electron chi connectivity index (χ4n) is 3.74. The SMILES string of the molecule is CCN(CC)CC12CCC(CO)(CC1)CC2. The molecule has 2 heteroatoms. The van der Waals surface area contributed by atoms with E-state index in [0.29, 0.717) is 17.4 Å². The molecule has 94 valence electrons. The van der Waals surface area contributed by atoms with E-state index in [0.717, 1.165) is 0 Å². The summed E-state index contributed by atoms with van der Waals surface area (Å²) in [5, 5.41) is 9.51. The second-order valence-corrected chi connectivity index (χ2v) is 6.12. The van der Waals surface area contributed by atoms with Crippen molar-refractivity contribution in [2.45, 2.75) is 52.4 Å². The van der Waals surface area contributed by atoms with Crippen LogP contribution >= 0.6 is 0 Å². The van der Waals surface area contributed by atoms with Gasteiger partial charge in [-0.1, -0.05) is 13.8 Å². The zero-order chi connectivity index (χ0) is 11.6. The van der Waals surface area contributed by atoms with Gasteiger partial charge in [0, 0.05) is 13.2 Å². The lowest BCUT2D eigenvalue weighted by Crippen LogP contribution is -2.48. The van der Waals surface area contributed by atoms with Crippen molar-refractivity contribution in [3.05, 3.63) is 0 Å². The Balaban J connectivity index is 1.97. The summed E-state index contributed by atoms with van der Waals surface area (Å²) in [5.74, 6) is 0. The standard InChI is InChI=1S/C14H27NO/c1-3-15(4-2)11-13-5-8-14(12-16,9-6-13)10-7-13/h16H,3-12H2,1-2H3. The van der Waals surface area contributed by atoms with E-state index in [1.54, 1.807) is 0 Å². The van der Waals surface area contributed by atoms with E-state index in [9.17, 15) is 5.11 Å². The zero-order valence-electron chi connectivity index (χ0n) is 11.0. The van der Waals surface area contributed by atoms with E-state index in [2.05, 4.69) is 18.7 Å². The molecule has 3 saturated carbocycles. The van der Waals surface area contributed by atoms with Crippen molar-refractivity contribution in [1.29, 1.82) is 0 Å². The molecule has 2 nitrogen and oxygen atoms in total. The molecule has 3 fully saturated rings. The van der Waals surface area contributed by atoms with Gasteiger partial charge < -0.3 is 10.0 Å². The first-order valence-electron chi connectivity index (χ1n) is 7.01. The van der Waals surface area contributed by atoms with Gasteiger partial charge in [-0.25, -0.2) is 0 Å². The number of hydrogen-bond acceptors (Lipinski definition) is 2. The number of nitrogens with zero attached hydrogens (tertiary/aromatic N) is 1. The molecule has 0 amide bonds. The highest BCUT2D eigenvalue weighted by molar-refractivity contribution is 5.00. The van der Waals surface area contributed by atoms with Gasteiger partial charge in [-0.15, -0.1) is 0 Å². The van der Waals surface area contributed by atoms with Gasteiger partial charge in [-0.2, -0.15) is 0 Å². The van der Waals surface area contributed by atoms with Gasteiger partial charge in [-0.3, -0.25) is 0 Å². The molecule has 0 aromatic rings. The second kappa shape index (κ2) is 4.66. The number of aliphatic hydroxyl groups is 1. The van der Waals surface area contributed by atoms with Crippen LogP contribution in [0.15, 0.2) is 0 Å². The van der Waals surface area contributed by atoms with Crippen molar-refractivity contribution in [3.63, 3.8) is 0 Å². The van der Waals surface area contributed by atoms with Crippen molar-refractivity contribution in [2.24, 2.45) is 10.8 Å². The van der Waals surface area contributed by atoms with Crippen LogP contribution in [-0.2, 0) is 0 Å². The average Bonchev–Trinajstić information content (AvgIpc) is 2.38. The molecule has 0 atom stereocenters. The Morgan fingerprint density at radius 3 is 1.69 bits per heavy atom. The van der Waals surface area contributed by atoms with Crippen LogP contribution < -0.4 is 0 Å². The van der Waals surface area contributed by atoms with Gasteiger partial charge in [0.2, 0.25) is 0 Å². The summed E-state index contributed by atoms with van der Waals surface area (Å²) in [4.78, 5) is 2.58. The van der Waals surface area contributed by atoms with Crippen LogP contribution in [0.5, 0.6) is 0 Å². The van der Waals surface area contributed by atoms with Crippen molar-refractivity contribution >= 4 is 0 Å². The average molecular weight is 225 g/mol. The Labute approximate surface area is 100 Å². The Bertz CT molecular complexity index is 210. The minimum absolute atomic E-state index is 0.324. The van der Waals surface area contributed by atoms with E-state index in [1.807, 2.05) is 0 Å². The van der Waals surface area contributed by atoms with E-state index in [1.165, 1.54) is 58.2 Å². The van der Waals surface area contributed by atoms with E-state index in [-0.39, 0.29) is 0 Å². The van der Waals surface area contributed by atoms with Crippen molar-refractivity contribution in [1.82, 2.24) is 4.90 Å². The third kappa shape index (κ3) is 2.14. The molecule has 3 aliphatic carbocycles. The van der Waals surface area contributed by atoms with Crippen molar-refractivity contribution < 1.29 is 5.11 Å². The van der Waals surface area contributed by atoms with Gasteiger partial charge in [0.25, 0.3) is 0 Å². The molecule has 0 aliphatic heterocycles. The fourth-order valence-corrected chi connectivity index (χ4v) is 3.74. The fraction of sp³-hybridized carbons (Fsp3) is 1.00. The van der Waals surface area contributed by atoms with E-state index >= 15 is 0 Å². The summed E-state index contributed by atoms with van der Waals surface area (Å²) in [6.07, 6.45) is 7.86. The summed E-state index contributed by atoms with van der Waals surface area (Å²) in [5.41, 5.74) is 0.925. The van der Waals surface area contributed by atoms with Gasteiger partial charge in [0.05, 0.1) is 0 Å². The number of hydrogen-bond donors (Lipinski definition) is 1. The van der Waals surface area contributed by atoms with Crippen LogP contribution in [0.4, 0.5) is 0 Å². The zero-order valence-corrected chi connectivity index (χ0v) is 11.0. The topological polar surface area (TPSA) is 23.5 Å². The molecule has 0 aromatic carbocycles. The quantitative estimate of drug-likeness (QED) is 0.777. The number of fused-ring (bicyclic) bond motifs is 3. The van der Waals surface area contributed by atoms with Crippen molar-refractivity contribution in [3.8, 4) is 0 Å². The van der Waals surface area contributed by atoms with Gasteiger partial charge in [-0.05, 0) is 62.4 Å². The molecule has 0 saturated heterocycles. The van der Waals surface area contributed by atoms with Crippen LogP contribution in [0.2, 0.25) is 0 Å². The maximum absolute atomic E-state index is 9.51. The van der Waals surface area contributed by atoms with Gasteiger partial charge in [0.15, 0.2) is 0 Å². The van der Waals surface area contributed by atoms with Gasteiger partial charge in [0.1, 0.15) is 0 Å². The highest BCUT2D eigenvalue weighted by Gasteiger charge is 2.48. The molecule has 2 bridgehead atoms. The Morgan fingerprint density at radius 2 is 1.31 bits per heavy atom.